The van der Waals surface area contributed by atoms with Crippen molar-refractivity contribution in [2.75, 3.05) is 18.0 Å². The van der Waals surface area contributed by atoms with Gasteiger partial charge >= 0.3 is 0 Å². The number of sulfone groups is 1. The number of hydrogen-bond acceptors (Lipinski definition) is 5. The van der Waals surface area contributed by atoms with E-state index in [1.165, 1.54) is 12.1 Å². The molecule has 1 saturated heterocycles. The van der Waals surface area contributed by atoms with Crippen molar-refractivity contribution in [3.63, 3.8) is 0 Å². The largest absolute Gasteiger partial charge is 0.423 e. The molecule has 1 aliphatic rings. The highest BCUT2D eigenvalue weighted by atomic mass is 35.5. The van der Waals surface area contributed by atoms with E-state index in [0.717, 1.165) is 43.5 Å². The van der Waals surface area contributed by atoms with Gasteiger partial charge in [-0.2, -0.15) is 4.98 Å². The van der Waals surface area contributed by atoms with Crippen LogP contribution in [0.5, 0.6) is 0 Å². The molecule has 7 heteroatoms. The number of piperidine rings is 1. The van der Waals surface area contributed by atoms with Gasteiger partial charge in [-0.05, 0) is 54.7 Å². The summed E-state index contributed by atoms with van der Waals surface area (Å²) in [6.45, 7) is 1.47. The summed E-state index contributed by atoms with van der Waals surface area (Å²) in [5.41, 5.74) is 1.96. The van der Waals surface area contributed by atoms with Crippen LogP contribution in [0.4, 0.5) is 5.88 Å². The van der Waals surface area contributed by atoms with Crippen molar-refractivity contribution in [3.05, 3.63) is 107 Å². The molecule has 5 nitrogen and oxygen atoms in total. The zero-order valence-corrected chi connectivity index (χ0v) is 20.2. The fourth-order valence-electron chi connectivity index (χ4n) is 4.40. The molecule has 0 aliphatic carbocycles. The van der Waals surface area contributed by atoms with E-state index in [9.17, 15) is 8.42 Å². The number of anilines is 1. The van der Waals surface area contributed by atoms with Gasteiger partial charge in [-0.15, -0.1) is 0 Å². The molecule has 0 bridgehead atoms. The molecule has 0 atom stereocenters. The zero-order chi connectivity index (χ0) is 23.5. The van der Waals surface area contributed by atoms with Gasteiger partial charge in [0.25, 0.3) is 0 Å². The molecule has 1 aromatic heterocycles. The van der Waals surface area contributed by atoms with Gasteiger partial charge in [-0.3, -0.25) is 0 Å². The number of halogens is 1. The van der Waals surface area contributed by atoms with Gasteiger partial charge in [0.1, 0.15) is 0 Å². The SMILES string of the molecule is O=S(=O)(c1ccc(Cl)cc1)c1nc(C(c2ccccc2)c2ccccc2)oc1N1CCCCC1. The van der Waals surface area contributed by atoms with E-state index in [4.69, 9.17) is 16.0 Å². The zero-order valence-electron chi connectivity index (χ0n) is 18.6. The van der Waals surface area contributed by atoms with Crippen LogP contribution >= 0.6 is 11.6 Å². The lowest BCUT2D eigenvalue weighted by atomic mass is 9.91. The molecule has 5 rings (SSSR count). The Kier molecular flexibility index (Phi) is 6.44. The lowest BCUT2D eigenvalue weighted by Gasteiger charge is -2.26. The molecule has 0 N–H and O–H groups in total. The van der Waals surface area contributed by atoms with Gasteiger partial charge in [-0.25, -0.2) is 8.42 Å². The highest BCUT2D eigenvalue weighted by molar-refractivity contribution is 7.91. The first-order valence-corrected chi connectivity index (χ1v) is 13.3. The quantitative estimate of drug-likeness (QED) is 0.314. The summed E-state index contributed by atoms with van der Waals surface area (Å²) in [6, 6.07) is 26.0. The third-order valence-electron chi connectivity index (χ3n) is 6.13. The third kappa shape index (κ3) is 4.48. The van der Waals surface area contributed by atoms with Crippen LogP contribution < -0.4 is 4.90 Å². The van der Waals surface area contributed by atoms with E-state index in [2.05, 4.69) is 4.98 Å². The third-order valence-corrected chi connectivity index (χ3v) is 8.05. The average molecular weight is 493 g/mol. The van der Waals surface area contributed by atoms with E-state index >= 15 is 0 Å². The molecule has 34 heavy (non-hydrogen) atoms. The number of benzene rings is 3. The highest BCUT2D eigenvalue weighted by Gasteiger charge is 2.34. The fraction of sp³-hybridized carbons (Fsp3) is 0.222. The van der Waals surface area contributed by atoms with Crippen LogP contribution in [-0.4, -0.2) is 26.5 Å². The van der Waals surface area contributed by atoms with Crippen LogP contribution in [0.15, 0.2) is 99.3 Å². The Labute approximate surface area is 204 Å². The Hall–Kier alpha value is -3.09. The van der Waals surface area contributed by atoms with Crippen LogP contribution in [0.2, 0.25) is 5.02 Å². The summed E-state index contributed by atoms with van der Waals surface area (Å²) in [5.74, 6) is 0.354. The summed E-state index contributed by atoms with van der Waals surface area (Å²) in [6.07, 6.45) is 3.09. The van der Waals surface area contributed by atoms with Crippen molar-refractivity contribution in [3.8, 4) is 0 Å². The first-order chi connectivity index (χ1) is 16.5. The maximum atomic E-state index is 13.7. The minimum absolute atomic E-state index is 0.0383. The van der Waals surface area contributed by atoms with Gasteiger partial charge in [0.05, 0.1) is 10.8 Å². The molecule has 2 heterocycles. The van der Waals surface area contributed by atoms with Crippen molar-refractivity contribution in [2.24, 2.45) is 0 Å². The summed E-state index contributed by atoms with van der Waals surface area (Å²) in [4.78, 5) is 6.83. The van der Waals surface area contributed by atoms with E-state index < -0.39 is 9.84 Å². The number of hydrogen-bond donors (Lipinski definition) is 0. The van der Waals surface area contributed by atoms with Gasteiger partial charge in [0.2, 0.25) is 26.6 Å². The predicted molar refractivity (Wildman–Crippen MR) is 133 cm³/mol. The summed E-state index contributed by atoms with van der Waals surface area (Å²) in [5, 5.41) is 0.438. The van der Waals surface area contributed by atoms with Crippen molar-refractivity contribution < 1.29 is 12.8 Å². The summed E-state index contributed by atoms with van der Waals surface area (Å²) < 4.78 is 33.8. The maximum absolute atomic E-state index is 13.7. The Balaban J connectivity index is 1.69. The van der Waals surface area contributed by atoms with E-state index in [1.54, 1.807) is 12.1 Å². The normalized spacial score (nSPS) is 14.5. The van der Waals surface area contributed by atoms with Crippen molar-refractivity contribution in [1.82, 2.24) is 4.98 Å². The van der Waals surface area contributed by atoms with Crippen LogP contribution in [0.1, 0.15) is 42.2 Å². The number of rotatable bonds is 6. The van der Waals surface area contributed by atoms with Crippen molar-refractivity contribution in [2.45, 2.75) is 35.1 Å². The van der Waals surface area contributed by atoms with Crippen molar-refractivity contribution in [1.29, 1.82) is 0 Å². The monoisotopic (exact) mass is 492 g/mol. The Morgan fingerprint density at radius 2 is 1.35 bits per heavy atom. The maximum Gasteiger partial charge on any atom is 0.236 e. The van der Waals surface area contributed by atoms with E-state index in [1.807, 2.05) is 65.6 Å². The number of aromatic nitrogens is 1. The lowest BCUT2D eigenvalue weighted by molar-refractivity contribution is 0.458. The Morgan fingerprint density at radius 1 is 0.794 bits per heavy atom. The van der Waals surface area contributed by atoms with Gasteiger partial charge in [0.15, 0.2) is 0 Å². The molecule has 1 aliphatic heterocycles. The first kappa shape index (κ1) is 22.7. The molecule has 3 aromatic carbocycles. The average Bonchev–Trinajstić information content (AvgIpc) is 3.32. The molecule has 0 radical (unpaired) electrons. The predicted octanol–water partition coefficient (Wildman–Crippen LogP) is 6.33. The van der Waals surface area contributed by atoms with Crippen LogP contribution in [0, 0.1) is 0 Å². The lowest BCUT2D eigenvalue weighted by Crippen LogP contribution is -2.30. The standard InChI is InChI=1S/C27H25ClN2O3S/c28-22-14-16-23(17-15-22)34(31,32)26-27(30-18-8-3-9-19-30)33-25(29-26)24(20-10-4-1-5-11-20)21-12-6-2-7-13-21/h1-2,4-7,10-17,24H,3,8-9,18-19H2. The second-order valence-corrected chi connectivity index (χ2v) is 10.7. The summed E-state index contributed by atoms with van der Waals surface area (Å²) in [7, 11) is -3.92. The molecule has 0 amide bonds. The van der Waals surface area contributed by atoms with Gasteiger partial charge in [-0.1, -0.05) is 72.3 Å². The number of nitrogens with zero attached hydrogens (tertiary/aromatic N) is 2. The molecule has 174 valence electrons. The molecule has 0 spiro atoms. The fourth-order valence-corrected chi connectivity index (χ4v) is 5.86. The van der Waals surface area contributed by atoms with E-state index in [0.29, 0.717) is 16.8 Å². The Bertz CT molecular complexity index is 1310. The molecule has 4 aromatic rings. The second kappa shape index (κ2) is 9.65. The van der Waals surface area contributed by atoms with Crippen LogP contribution in [-0.2, 0) is 9.84 Å². The Morgan fingerprint density at radius 3 is 1.91 bits per heavy atom. The molecular formula is C27H25ClN2O3S. The molecular weight excluding hydrogens is 468 g/mol. The van der Waals surface area contributed by atoms with Crippen molar-refractivity contribution >= 4 is 27.3 Å². The summed E-state index contributed by atoms with van der Waals surface area (Å²) >= 11 is 6.00. The van der Waals surface area contributed by atoms with Crippen LogP contribution in [0.3, 0.4) is 0 Å². The van der Waals surface area contributed by atoms with Gasteiger partial charge < -0.3 is 9.32 Å². The smallest absolute Gasteiger partial charge is 0.236 e. The molecule has 0 unspecified atom stereocenters. The molecule has 1 fully saturated rings. The topological polar surface area (TPSA) is 63.4 Å². The second-order valence-electron chi connectivity index (χ2n) is 8.42. The number of oxazole rings is 1. The van der Waals surface area contributed by atoms with Crippen LogP contribution in [0.25, 0.3) is 0 Å². The first-order valence-electron chi connectivity index (χ1n) is 11.4. The van der Waals surface area contributed by atoms with E-state index in [-0.39, 0.29) is 15.8 Å². The highest BCUT2D eigenvalue weighted by Crippen LogP contribution is 2.39. The minimum Gasteiger partial charge on any atom is -0.423 e. The minimum atomic E-state index is -3.92. The molecule has 0 saturated carbocycles. The van der Waals surface area contributed by atoms with Gasteiger partial charge in [0, 0.05) is 18.1 Å².